The Morgan fingerprint density at radius 3 is 2.65 bits per heavy atom. The second kappa shape index (κ2) is 6.59. The third kappa shape index (κ3) is 3.91. The van der Waals surface area contributed by atoms with Crippen molar-refractivity contribution < 1.29 is 8.42 Å². The van der Waals surface area contributed by atoms with E-state index in [1.165, 1.54) is 26.9 Å². The van der Waals surface area contributed by atoms with Crippen LogP contribution in [0.4, 0.5) is 0 Å². The molecule has 0 radical (unpaired) electrons. The smallest absolute Gasteiger partial charge is 0.211 e. The van der Waals surface area contributed by atoms with Gasteiger partial charge >= 0.3 is 0 Å². The highest BCUT2D eigenvalue weighted by Gasteiger charge is 2.27. The van der Waals surface area contributed by atoms with Crippen molar-refractivity contribution in [1.82, 2.24) is 9.21 Å². The maximum Gasteiger partial charge on any atom is 0.211 e. The van der Waals surface area contributed by atoms with E-state index in [0.29, 0.717) is 0 Å². The van der Waals surface area contributed by atoms with Crippen LogP contribution in [0.3, 0.4) is 0 Å². The van der Waals surface area contributed by atoms with Crippen LogP contribution in [0.25, 0.3) is 10.8 Å². The fourth-order valence-corrected chi connectivity index (χ4v) is 4.05. The molecular formula is C18H24N2O2S. The van der Waals surface area contributed by atoms with Crippen LogP contribution >= 0.6 is 0 Å². The molecular weight excluding hydrogens is 308 g/mol. The normalized spacial score (nSPS) is 20.2. The lowest BCUT2D eigenvalue weighted by Crippen LogP contribution is -2.47. The van der Waals surface area contributed by atoms with Gasteiger partial charge in [0.25, 0.3) is 0 Å². The summed E-state index contributed by atoms with van der Waals surface area (Å²) in [5, 5.41) is 2.51. The van der Waals surface area contributed by atoms with Gasteiger partial charge < -0.3 is 0 Å². The van der Waals surface area contributed by atoms with Crippen molar-refractivity contribution in [2.24, 2.45) is 0 Å². The summed E-state index contributed by atoms with van der Waals surface area (Å²) in [6, 6.07) is 15.0. The van der Waals surface area contributed by atoms with Crippen LogP contribution < -0.4 is 0 Å². The van der Waals surface area contributed by atoms with E-state index in [-0.39, 0.29) is 6.04 Å². The van der Waals surface area contributed by atoms with Crippen molar-refractivity contribution in [1.29, 1.82) is 0 Å². The van der Waals surface area contributed by atoms with Crippen LogP contribution in [-0.4, -0.2) is 50.1 Å². The van der Waals surface area contributed by atoms with Gasteiger partial charge in [-0.1, -0.05) is 36.4 Å². The Labute approximate surface area is 138 Å². The maximum atomic E-state index is 11.7. The first kappa shape index (κ1) is 16.4. The molecule has 0 amide bonds. The van der Waals surface area contributed by atoms with Gasteiger partial charge in [-0.05, 0) is 41.8 Å². The van der Waals surface area contributed by atoms with Crippen LogP contribution in [0.5, 0.6) is 0 Å². The lowest BCUT2D eigenvalue weighted by molar-refractivity contribution is 0.153. The summed E-state index contributed by atoms with van der Waals surface area (Å²) in [5.74, 6) is 0. The SMILES string of the molecule is CN(C1CCCN(Cc2ccc3ccccc3c2)C1)S(C)(=O)=O. The molecule has 1 aliphatic heterocycles. The molecule has 0 spiro atoms. The Morgan fingerprint density at radius 2 is 1.91 bits per heavy atom. The lowest BCUT2D eigenvalue weighted by Gasteiger charge is -2.36. The van der Waals surface area contributed by atoms with Gasteiger partial charge in [0.15, 0.2) is 0 Å². The number of likely N-dealkylation sites (tertiary alicyclic amines) is 1. The molecule has 23 heavy (non-hydrogen) atoms. The van der Waals surface area contributed by atoms with Crippen molar-refractivity contribution in [3.63, 3.8) is 0 Å². The minimum absolute atomic E-state index is 0.0826. The number of piperidine rings is 1. The largest absolute Gasteiger partial charge is 0.297 e. The minimum Gasteiger partial charge on any atom is -0.297 e. The Hall–Kier alpha value is -1.43. The Kier molecular flexibility index (Phi) is 4.71. The predicted octanol–water partition coefficient (Wildman–Crippen LogP) is 2.70. The Balaban J connectivity index is 1.71. The Bertz CT molecular complexity index is 788. The first-order chi connectivity index (χ1) is 10.9. The second-order valence-electron chi connectivity index (χ2n) is 6.49. The van der Waals surface area contributed by atoms with E-state index in [4.69, 9.17) is 0 Å². The van der Waals surface area contributed by atoms with Gasteiger partial charge in [-0.25, -0.2) is 12.7 Å². The molecule has 0 aromatic heterocycles. The van der Waals surface area contributed by atoms with Gasteiger partial charge in [-0.3, -0.25) is 4.90 Å². The summed E-state index contributed by atoms with van der Waals surface area (Å²) in [6.45, 7) is 2.70. The fraction of sp³-hybridized carbons (Fsp3) is 0.444. The molecule has 4 nitrogen and oxygen atoms in total. The molecule has 1 atom stereocenters. The van der Waals surface area contributed by atoms with Crippen molar-refractivity contribution in [3.05, 3.63) is 48.0 Å². The first-order valence-corrected chi connectivity index (χ1v) is 9.91. The zero-order valence-electron chi connectivity index (χ0n) is 13.8. The number of benzene rings is 2. The average Bonchev–Trinajstić information content (AvgIpc) is 2.53. The molecule has 0 aliphatic carbocycles. The average molecular weight is 332 g/mol. The maximum absolute atomic E-state index is 11.7. The van der Waals surface area contributed by atoms with E-state index in [1.54, 1.807) is 7.05 Å². The van der Waals surface area contributed by atoms with Crippen molar-refractivity contribution >= 4 is 20.8 Å². The lowest BCUT2D eigenvalue weighted by atomic mass is 10.0. The van der Waals surface area contributed by atoms with Crippen LogP contribution in [-0.2, 0) is 16.6 Å². The number of rotatable bonds is 4. The molecule has 2 aromatic rings. The number of nitrogens with zero attached hydrogens (tertiary/aromatic N) is 2. The first-order valence-electron chi connectivity index (χ1n) is 8.06. The molecule has 1 fully saturated rings. The molecule has 0 N–H and O–H groups in total. The minimum atomic E-state index is -3.12. The van der Waals surface area contributed by atoms with Gasteiger partial charge in [0, 0.05) is 26.2 Å². The highest BCUT2D eigenvalue weighted by atomic mass is 32.2. The topological polar surface area (TPSA) is 40.6 Å². The van der Waals surface area contributed by atoms with Crippen LogP contribution in [0, 0.1) is 0 Å². The van der Waals surface area contributed by atoms with Crippen molar-refractivity contribution in [3.8, 4) is 0 Å². The molecule has 5 heteroatoms. The number of fused-ring (bicyclic) bond motifs is 1. The van der Waals surface area contributed by atoms with Gasteiger partial charge in [-0.15, -0.1) is 0 Å². The zero-order valence-corrected chi connectivity index (χ0v) is 14.6. The summed E-state index contributed by atoms with van der Waals surface area (Å²) in [4.78, 5) is 2.36. The van der Waals surface area contributed by atoms with Gasteiger partial charge in [0.1, 0.15) is 0 Å². The third-order valence-electron chi connectivity index (χ3n) is 4.74. The summed E-state index contributed by atoms with van der Waals surface area (Å²) in [7, 11) is -1.43. The molecule has 1 unspecified atom stereocenters. The molecule has 124 valence electrons. The number of hydrogen-bond acceptors (Lipinski definition) is 3. The standard InChI is InChI=1S/C18H24N2O2S/c1-19(23(2,21)22)18-8-5-11-20(14-18)13-15-9-10-16-6-3-4-7-17(16)12-15/h3-4,6-7,9-10,12,18H,5,8,11,13-14H2,1-2H3. The van der Waals surface area contributed by atoms with Gasteiger partial charge in [0.05, 0.1) is 6.26 Å². The third-order valence-corrected chi connectivity index (χ3v) is 6.08. The molecule has 1 heterocycles. The molecule has 2 aromatic carbocycles. The zero-order chi connectivity index (χ0) is 16.4. The summed E-state index contributed by atoms with van der Waals surface area (Å²) in [5.41, 5.74) is 1.28. The monoisotopic (exact) mass is 332 g/mol. The number of sulfonamides is 1. The van der Waals surface area contributed by atoms with Crippen LogP contribution in [0.15, 0.2) is 42.5 Å². The van der Waals surface area contributed by atoms with Crippen molar-refractivity contribution in [2.75, 3.05) is 26.4 Å². The molecule has 1 saturated heterocycles. The van der Waals surface area contributed by atoms with E-state index in [9.17, 15) is 8.42 Å². The number of hydrogen-bond donors (Lipinski definition) is 0. The van der Waals surface area contributed by atoms with Gasteiger partial charge in [-0.2, -0.15) is 0 Å². The molecule has 3 rings (SSSR count). The molecule has 0 saturated carbocycles. The fourth-order valence-electron chi connectivity index (χ4n) is 3.34. The summed E-state index contributed by atoms with van der Waals surface area (Å²) < 4.78 is 25.0. The van der Waals surface area contributed by atoms with E-state index < -0.39 is 10.0 Å². The highest BCUT2D eigenvalue weighted by Crippen LogP contribution is 2.21. The predicted molar refractivity (Wildman–Crippen MR) is 94.9 cm³/mol. The number of likely N-dealkylation sites (N-methyl/N-ethyl adjacent to an activating group) is 1. The molecule has 0 bridgehead atoms. The van der Waals surface area contributed by atoms with Gasteiger partial charge in [0.2, 0.25) is 10.0 Å². The van der Waals surface area contributed by atoms with E-state index in [2.05, 4.69) is 47.4 Å². The quantitative estimate of drug-likeness (QED) is 0.864. The van der Waals surface area contributed by atoms with E-state index >= 15 is 0 Å². The van der Waals surface area contributed by atoms with Crippen LogP contribution in [0.1, 0.15) is 18.4 Å². The highest BCUT2D eigenvalue weighted by molar-refractivity contribution is 7.88. The Morgan fingerprint density at radius 1 is 1.17 bits per heavy atom. The van der Waals surface area contributed by atoms with E-state index in [0.717, 1.165) is 32.5 Å². The van der Waals surface area contributed by atoms with Crippen LogP contribution in [0.2, 0.25) is 0 Å². The summed E-state index contributed by atoms with van der Waals surface area (Å²) in [6.07, 6.45) is 3.27. The van der Waals surface area contributed by atoms with Crippen molar-refractivity contribution in [2.45, 2.75) is 25.4 Å². The second-order valence-corrected chi connectivity index (χ2v) is 8.53. The summed E-state index contributed by atoms with van der Waals surface area (Å²) >= 11 is 0. The van der Waals surface area contributed by atoms with E-state index in [1.807, 2.05) is 0 Å². The molecule has 1 aliphatic rings.